The van der Waals surface area contributed by atoms with Gasteiger partial charge in [0, 0.05) is 6.42 Å². The molecule has 0 radical (unpaired) electrons. The van der Waals surface area contributed by atoms with Crippen LogP contribution >= 0.6 is 0 Å². The minimum absolute atomic E-state index is 0.0617. The lowest BCUT2D eigenvalue weighted by Gasteiger charge is -2.10. The quantitative estimate of drug-likeness (QED) is 0.778. The largest absolute Gasteiger partial charge is 0.496 e. The van der Waals surface area contributed by atoms with Gasteiger partial charge in [0.15, 0.2) is 5.78 Å². The molecule has 0 heterocycles. The van der Waals surface area contributed by atoms with E-state index in [1.807, 2.05) is 19.1 Å². The van der Waals surface area contributed by atoms with E-state index >= 15 is 0 Å². The monoisotopic (exact) mass is 217 g/mol. The van der Waals surface area contributed by atoms with Crippen molar-refractivity contribution in [3.63, 3.8) is 0 Å². The number of hydrogen-bond donors (Lipinski definition) is 0. The maximum atomic E-state index is 11.6. The zero-order chi connectivity index (χ0) is 12.1. The summed E-state index contributed by atoms with van der Waals surface area (Å²) >= 11 is 0. The van der Waals surface area contributed by atoms with Crippen molar-refractivity contribution in [1.29, 1.82) is 5.26 Å². The molecule has 0 amide bonds. The van der Waals surface area contributed by atoms with Crippen LogP contribution in [0.2, 0.25) is 0 Å². The first-order valence-electron chi connectivity index (χ1n) is 5.20. The van der Waals surface area contributed by atoms with E-state index in [-0.39, 0.29) is 5.78 Å². The summed E-state index contributed by atoms with van der Waals surface area (Å²) in [5.41, 5.74) is 1.70. The van der Waals surface area contributed by atoms with E-state index in [4.69, 9.17) is 10.00 Å². The molecule has 0 aliphatic carbocycles. The van der Waals surface area contributed by atoms with Crippen molar-refractivity contribution in [2.24, 2.45) is 0 Å². The lowest BCUT2D eigenvalue weighted by atomic mass is 9.94. The maximum Gasteiger partial charge on any atom is 0.154 e. The number of carbonyl (C=O) groups is 1. The van der Waals surface area contributed by atoms with E-state index in [1.165, 1.54) is 0 Å². The van der Waals surface area contributed by atoms with Crippen molar-refractivity contribution in [3.05, 3.63) is 29.3 Å². The summed E-state index contributed by atoms with van der Waals surface area (Å²) < 4.78 is 5.17. The van der Waals surface area contributed by atoms with Gasteiger partial charge in [-0.15, -0.1) is 0 Å². The molecule has 1 rings (SSSR count). The Morgan fingerprint density at radius 3 is 2.75 bits per heavy atom. The molecule has 0 saturated carbocycles. The summed E-state index contributed by atoms with van der Waals surface area (Å²) in [4.78, 5) is 11.6. The van der Waals surface area contributed by atoms with E-state index in [1.54, 1.807) is 26.2 Å². The first-order valence-corrected chi connectivity index (χ1v) is 5.20. The van der Waals surface area contributed by atoms with Crippen LogP contribution in [0.4, 0.5) is 0 Å². The third-order valence-electron chi connectivity index (χ3n) is 2.56. The van der Waals surface area contributed by atoms with E-state index in [2.05, 4.69) is 0 Å². The van der Waals surface area contributed by atoms with Crippen LogP contribution in [0.25, 0.3) is 0 Å². The molecule has 1 atom stereocenters. The zero-order valence-corrected chi connectivity index (χ0v) is 9.78. The average Bonchev–Trinajstić information content (AvgIpc) is 2.31. The predicted octanol–water partition coefficient (Wildman–Crippen LogP) is 2.59. The number of rotatable bonds is 4. The van der Waals surface area contributed by atoms with Gasteiger partial charge >= 0.3 is 0 Å². The molecule has 3 nitrogen and oxygen atoms in total. The summed E-state index contributed by atoms with van der Waals surface area (Å²) in [6.07, 6.45) is 0.369. The second-order valence-electron chi connectivity index (χ2n) is 3.61. The minimum Gasteiger partial charge on any atom is -0.496 e. The lowest BCUT2D eigenvalue weighted by Crippen LogP contribution is -2.09. The van der Waals surface area contributed by atoms with E-state index in [9.17, 15) is 4.79 Å². The second kappa shape index (κ2) is 5.32. The summed E-state index contributed by atoms with van der Waals surface area (Å²) in [5.74, 6) is -0.0328. The van der Waals surface area contributed by atoms with Gasteiger partial charge in [0.25, 0.3) is 0 Å². The van der Waals surface area contributed by atoms with Gasteiger partial charge in [0.1, 0.15) is 11.7 Å². The molecule has 1 aromatic rings. The zero-order valence-electron chi connectivity index (χ0n) is 9.78. The standard InChI is InChI=1S/C13H15NO2/c1-4-12(15)11(8-14)10-6-5-9(2)13(7-10)16-3/h5-7,11H,4H2,1-3H3. The highest BCUT2D eigenvalue weighted by Crippen LogP contribution is 2.25. The number of aryl methyl sites for hydroxylation is 1. The van der Waals surface area contributed by atoms with Crippen LogP contribution < -0.4 is 4.74 Å². The van der Waals surface area contributed by atoms with Crippen LogP contribution in [-0.4, -0.2) is 12.9 Å². The summed E-state index contributed by atoms with van der Waals surface area (Å²) in [5, 5.41) is 9.00. The number of carbonyl (C=O) groups excluding carboxylic acids is 1. The topological polar surface area (TPSA) is 50.1 Å². The highest BCUT2D eigenvalue weighted by Gasteiger charge is 2.19. The highest BCUT2D eigenvalue weighted by atomic mass is 16.5. The number of ether oxygens (including phenoxy) is 1. The fraction of sp³-hybridized carbons (Fsp3) is 0.385. The van der Waals surface area contributed by atoms with Crippen molar-refractivity contribution < 1.29 is 9.53 Å². The van der Waals surface area contributed by atoms with Crippen molar-refractivity contribution in [2.75, 3.05) is 7.11 Å². The Morgan fingerprint density at radius 2 is 2.25 bits per heavy atom. The number of benzene rings is 1. The Morgan fingerprint density at radius 1 is 1.56 bits per heavy atom. The van der Waals surface area contributed by atoms with Gasteiger partial charge in [-0.2, -0.15) is 5.26 Å². The van der Waals surface area contributed by atoms with Crippen LogP contribution in [-0.2, 0) is 4.79 Å². The van der Waals surface area contributed by atoms with Gasteiger partial charge in [-0.25, -0.2) is 0 Å². The van der Waals surface area contributed by atoms with Gasteiger partial charge in [-0.3, -0.25) is 4.79 Å². The smallest absolute Gasteiger partial charge is 0.154 e. The van der Waals surface area contributed by atoms with Crippen LogP contribution in [0, 0.1) is 18.3 Å². The molecule has 16 heavy (non-hydrogen) atoms. The van der Waals surface area contributed by atoms with Crippen molar-refractivity contribution in [2.45, 2.75) is 26.2 Å². The third kappa shape index (κ3) is 2.40. The molecule has 1 aromatic carbocycles. The van der Waals surface area contributed by atoms with Crippen LogP contribution in [0.3, 0.4) is 0 Å². The molecular formula is C13H15NO2. The summed E-state index contributed by atoms with van der Waals surface area (Å²) in [6.45, 7) is 3.68. The van der Waals surface area contributed by atoms with Gasteiger partial charge in [-0.1, -0.05) is 19.1 Å². The van der Waals surface area contributed by atoms with Gasteiger partial charge < -0.3 is 4.74 Å². The van der Waals surface area contributed by atoms with Crippen molar-refractivity contribution in [1.82, 2.24) is 0 Å². The normalized spacial score (nSPS) is 11.6. The lowest BCUT2D eigenvalue weighted by molar-refractivity contribution is -0.119. The van der Waals surface area contributed by atoms with Gasteiger partial charge in [0.05, 0.1) is 13.2 Å². The molecule has 1 unspecified atom stereocenters. The molecule has 3 heteroatoms. The van der Waals surface area contributed by atoms with Crippen molar-refractivity contribution >= 4 is 5.78 Å². The number of hydrogen-bond acceptors (Lipinski definition) is 3. The Balaban J connectivity index is 3.12. The fourth-order valence-electron chi connectivity index (χ4n) is 1.55. The predicted molar refractivity (Wildman–Crippen MR) is 61.4 cm³/mol. The molecule has 0 aliphatic heterocycles. The number of nitriles is 1. The highest BCUT2D eigenvalue weighted by molar-refractivity contribution is 5.88. The van der Waals surface area contributed by atoms with E-state index < -0.39 is 5.92 Å². The van der Waals surface area contributed by atoms with E-state index in [0.717, 1.165) is 5.56 Å². The van der Waals surface area contributed by atoms with Gasteiger partial charge in [-0.05, 0) is 24.1 Å². The number of Topliss-reactive ketones (excluding diaryl/α,β-unsaturated/α-hetero) is 1. The van der Waals surface area contributed by atoms with Gasteiger partial charge in [0.2, 0.25) is 0 Å². The first kappa shape index (κ1) is 12.3. The maximum absolute atomic E-state index is 11.6. The Kier molecular flexibility index (Phi) is 4.07. The molecule has 0 spiro atoms. The second-order valence-corrected chi connectivity index (χ2v) is 3.61. The Hall–Kier alpha value is -1.82. The van der Waals surface area contributed by atoms with Crippen LogP contribution in [0.15, 0.2) is 18.2 Å². The van der Waals surface area contributed by atoms with Crippen molar-refractivity contribution in [3.8, 4) is 11.8 Å². The molecule has 0 N–H and O–H groups in total. The molecule has 0 aromatic heterocycles. The summed E-state index contributed by atoms with van der Waals surface area (Å²) in [7, 11) is 1.58. The third-order valence-corrected chi connectivity index (χ3v) is 2.56. The first-order chi connectivity index (χ1) is 7.63. The summed E-state index contributed by atoms with van der Waals surface area (Å²) in [6, 6.07) is 7.46. The Bertz CT molecular complexity index is 432. The molecule has 0 aliphatic rings. The number of ketones is 1. The number of methoxy groups -OCH3 is 1. The molecule has 0 fully saturated rings. The average molecular weight is 217 g/mol. The molecule has 0 bridgehead atoms. The minimum atomic E-state index is -0.681. The molecular weight excluding hydrogens is 202 g/mol. The van der Waals surface area contributed by atoms with Crippen LogP contribution in [0.5, 0.6) is 5.75 Å². The molecule has 0 saturated heterocycles. The fourth-order valence-corrected chi connectivity index (χ4v) is 1.55. The Labute approximate surface area is 95.7 Å². The molecule has 84 valence electrons. The van der Waals surface area contributed by atoms with E-state index in [0.29, 0.717) is 17.7 Å². The number of nitrogens with zero attached hydrogens (tertiary/aromatic N) is 1. The van der Waals surface area contributed by atoms with Crippen LogP contribution in [0.1, 0.15) is 30.4 Å². The SMILES string of the molecule is CCC(=O)C(C#N)c1ccc(C)c(OC)c1.